The van der Waals surface area contributed by atoms with Crippen molar-refractivity contribution in [1.82, 2.24) is 0 Å². The molecule has 0 amide bonds. The van der Waals surface area contributed by atoms with Crippen LogP contribution >= 0.6 is 11.8 Å². The van der Waals surface area contributed by atoms with E-state index >= 15 is 0 Å². The van der Waals surface area contributed by atoms with Crippen LogP contribution in [-0.2, 0) is 6.42 Å². The molecule has 0 saturated carbocycles. The zero-order valence-corrected chi connectivity index (χ0v) is 11.4. The lowest BCUT2D eigenvalue weighted by Gasteiger charge is -2.12. The first kappa shape index (κ1) is 13.6. The van der Waals surface area contributed by atoms with E-state index in [4.69, 9.17) is 5.73 Å². The Kier molecular flexibility index (Phi) is 5.93. The Hall–Kier alpha value is -0.470. The zero-order chi connectivity index (χ0) is 12.0. The standard InChI is InChI=1S/C14H23NS/c1-4-5-16-10-14(15)9-13-7-11(2)6-12(3)8-13/h6-8,14H,4-5,9-10,15H2,1-3H3. The summed E-state index contributed by atoms with van der Waals surface area (Å²) in [4.78, 5) is 0. The van der Waals surface area contributed by atoms with Gasteiger partial charge in [-0.1, -0.05) is 36.2 Å². The maximum atomic E-state index is 6.13. The van der Waals surface area contributed by atoms with Crippen molar-refractivity contribution in [3.8, 4) is 0 Å². The van der Waals surface area contributed by atoms with Gasteiger partial charge in [0.25, 0.3) is 0 Å². The topological polar surface area (TPSA) is 26.0 Å². The summed E-state index contributed by atoms with van der Waals surface area (Å²) in [5.41, 5.74) is 10.2. The van der Waals surface area contributed by atoms with E-state index in [1.807, 2.05) is 11.8 Å². The van der Waals surface area contributed by atoms with Crippen LogP contribution in [0.15, 0.2) is 18.2 Å². The number of nitrogens with two attached hydrogens (primary N) is 1. The molecule has 1 nitrogen and oxygen atoms in total. The van der Waals surface area contributed by atoms with Crippen LogP contribution in [0, 0.1) is 13.8 Å². The molecule has 1 aromatic carbocycles. The number of rotatable bonds is 6. The van der Waals surface area contributed by atoms with E-state index in [1.54, 1.807) is 0 Å². The molecule has 0 aliphatic heterocycles. The first-order chi connectivity index (χ1) is 7.61. The molecule has 1 aromatic rings. The smallest absolute Gasteiger partial charge is 0.0171 e. The van der Waals surface area contributed by atoms with Gasteiger partial charge in [-0.3, -0.25) is 0 Å². The second-order valence-corrected chi connectivity index (χ2v) is 5.68. The highest BCUT2D eigenvalue weighted by molar-refractivity contribution is 7.99. The van der Waals surface area contributed by atoms with Gasteiger partial charge in [0.05, 0.1) is 0 Å². The van der Waals surface area contributed by atoms with Crippen molar-refractivity contribution in [2.24, 2.45) is 5.73 Å². The summed E-state index contributed by atoms with van der Waals surface area (Å²) in [6, 6.07) is 6.99. The molecule has 0 bridgehead atoms. The van der Waals surface area contributed by atoms with Crippen molar-refractivity contribution < 1.29 is 0 Å². The third-order valence-electron chi connectivity index (χ3n) is 2.46. The average molecular weight is 237 g/mol. The zero-order valence-electron chi connectivity index (χ0n) is 10.6. The van der Waals surface area contributed by atoms with E-state index in [0.29, 0.717) is 0 Å². The molecule has 0 aliphatic rings. The van der Waals surface area contributed by atoms with Crippen LogP contribution in [0.5, 0.6) is 0 Å². The third-order valence-corrected chi connectivity index (χ3v) is 3.82. The summed E-state index contributed by atoms with van der Waals surface area (Å²) in [7, 11) is 0. The van der Waals surface area contributed by atoms with E-state index in [0.717, 1.165) is 12.2 Å². The summed E-state index contributed by atoms with van der Waals surface area (Å²) in [5.74, 6) is 2.29. The van der Waals surface area contributed by atoms with Gasteiger partial charge in [-0.05, 0) is 38.0 Å². The Bertz CT molecular complexity index is 302. The molecule has 0 aromatic heterocycles. The summed E-state index contributed by atoms with van der Waals surface area (Å²) in [5, 5.41) is 0. The minimum atomic E-state index is 0.290. The Labute approximate surface area is 104 Å². The number of aryl methyl sites for hydroxylation is 2. The van der Waals surface area contributed by atoms with Gasteiger partial charge in [-0.2, -0.15) is 11.8 Å². The summed E-state index contributed by atoms with van der Waals surface area (Å²) in [6.45, 7) is 6.50. The highest BCUT2D eigenvalue weighted by Crippen LogP contribution is 2.12. The van der Waals surface area contributed by atoms with E-state index in [2.05, 4.69) is 39.0 Å². The third kappa shape index (κ3) is 5.04. The van der Waals surface area contributed by atoms with Crippen LogP contribution in [0.1, 0.15) is 30.0 Å². The minimum absolute atomic E-state index is 0.290. The van der Waals surface area contributed by atoms with Gasteiger partial charge >= 0.3 is 0 Å². The van der Waals surface area contributed by atoms with Gasteiger partial charge in [0.1, 0.15) is 0 Å². The Balaban J connectivity index is 2.45. The lowest BCUT2D eigenvalue weighted by atomic mass is 10.0. The van der Waals surface area contributed by atoms with Crippen LogP contribution in [0.4, 0.5) is 0 Å². The van der Waals surface area contributed by atoms with Crippen LogP contribution in [0.3, 0.4) is 0 Å². The summed E-state index contributed by atoms with van der Waals surface area (Å²) in [6.07, 6.45) is 2.24. The van der Waals surface area contributed by atoms with E-state index in [1.165, 1.54) is 28.9 Å². The van der Waals surface area contributed by atoms with Crippen molar-refractivity contribution in [3.05, 3.63) is 34.9 Å². The number of hydrogen-bond donors (Lipinski definition) is 1. The quantitative estimate of drug-likeness (QED) is 0.768. The van der Waals surface area contributed by atoms with E-state index in [9.17, 15) is 0 Å². The lowest BCUT2D eigenvalue weighted by Crippen LogP contribution is -2.25. The molecule has 0 spiro atoms. The fourth-order valence-corrected chi connectivity index (χ4v) is 2.80. The van der Waals surface area contributed by atoms with Gasteiger partial charge in [0.15, 0.2) is 0 Å². The molecular weight excluding hydrogens is 214 g/mol. The highest BCUT2D eigenvalue weighted by Gasteiger charge is 2.05. The lowest BCUT2D eigenvalue weighted by molar-refractivity contribution is 0.747. The number of thioether (sulfide) groups is 1. The molecule has 2 N–H and O–H groups in total. The van der Waals surface area contributed by atoms with Crippen molar-refractivity contribution in [2.45, 2.75) is 39.7 Å². The second kappa shape index (κ2) is 6.97. The molecular formula is C14H23NS. The van der Waals surface area contributed by atoms with Gasteiger partial charge in [-0.15, -0.1) is 0 Å². The molecule has 1 rings (SSSR count). The predicted octanol–water partition coefficient (Wildman–Crippen LogP) is 3.32. The Morgan fingerprint density at radius 3 is 2.38 bits per heavy atom. The van der Waals surface area contributed by atoms with Gasteiger partial charge in [0, 0.05) is 11.8 Å². The van der Waals surface area contributed by atoms with Crippen LogP contribution in [0.2, 0.25) is 0 Å². The van der Waals surface area contributed by atoms with Crippen LogP contribution < -0.4 is 5.73 Å². The molecule has 16 heavy (non-hydrogen) atoms. The van der Waals surface area contributed by atoms with Crippen molar-refractivity contribution in [3.63, 3.8) is 0 Å². The molecule has 0 heterocycles. The SMILES string of the molecule is CCCSCC(N)Cc1cc(C)cc(C)c1. The highest BCUT2D eigenvalue weighted by atomic mass is 32.2. The van der Waals surface area contributed by atoms with E-state index < -0.39 is 0 Å². The van der Waals surface area contributed by atoms with E-state index in [-0.39, 0.29) is 6.04 Å². The molecule has 0 radical (unpaired) electrons. The molecule has 1 unspecified atom stereocenters. The first-order valence-electron chi connectivity index (χ1n) is 6.02. The largest absolute Gasteiger partial charge is 0.327 e. The van der Waals surface area contributed by atoms with Crippen molar-refractivity contribution >= 4 is 11.8 Å². The number of hydrogen-bond acceptors (Lipinski definition) is 2. The van der Waals surface area contributed by atoms with Crippen LogP contribution in [0.25, 0.3) is 0 Å². The molecule has 1 atom stereocenters. The molecule has 0 aliphatic carbocycles. The van der Waals surface area contributed by atoms with Gasteiger partial charge in [0.2, 0.25) is 0 Å². The normalized spacial score (nSPS) is 12.8. The molecule has 0 saturated heterocycles. The van der Waals surface area contributed by atoms with Gasteiger partial charge in [-0.25, -0.2) is 0 Å². The van der Waals surface area contributed by atoms with Crippen molar-refractivity contribution in [2.75, 3.05) is 11.5 Å². The molecule has 2 heteroatoms. The summed E-state index contributed by atoms with van der Waals surface area (Å²) >= 11 is 1.96. The average Bonchev–Trinajstić information content (AvgIpc) is 2.16. The monoisotopic (exact) mass is 237 g/mol. The predicted molar refractivity (Wildman–Crippen MR) is 75.2 cm³/mol. The Morgan fingerprint density at radius 1 is 1.19 bits per heavy atom. The maximum Gasteiger partial charge on any atom is 0.0171 e. The molecule has 0 fully saturated rings. The summed E-state index contributed by atoms with van der Waals surface area (Å²) < 4.78 is 0. The second-order valence-electron chi connectivity index (χ2n) is 4.54. The first-order valence-corrected chi connectivity index (χ1v) is 7.17. The maximum absolute atomic E-state index is 6.13. The molecule has 90 valence electrons. The fraction of sp³-hybridized carbons (Fsp3) is 0.571. The van der Waals surface area contributed by atoms with Crippen LogP contribution in [-0.4, -0.2) is 17.5 Å². The fourth-order valence-electron chi connectivity index (χ4n) is 1.93. The van der Waals surface area contributed by atoms with Crippen molar-refractivity contribution in [1.29, 1.82) is 0 Å². The Morgan fingerprint density at radius 2 is 1.81 bits per heavy atom. The van der Waals surface area contributed by atoms with Gasteiger partial charge < -0.3 is 5.73 Å². The minimum Gasteiger partial charge on any atom is -0.327 e. The number of benzene rings is 1.